The number of aliphatic carboxylic acids is 1. The van der Waals surface area contributed by atoms with Gasteiger partial charge in [-0.15, -0.1) is 0 Å². The summed E-state index contributed by atoms with van der Waals surface area (Å²) in [6.07, 6.45) is 2.85. The smallest absolute Gasteiger partial charge is 0.320 e. The third-order valence-electron chi connectivity index (χ3n) is 4.02. The quantitative estimate of drug-likeness (QED) is 0.844. The largest absolute Gasteiger partial charge is 0.481 e. The highest BCUT2D eigenvalue weighted by Crippen LogP contribution is 2.23. The third-order valence-corrected chi connectivity index (χ3v) is 4.02. The second kappa shape index (κ2) is 7.50. The molecule has 0 aromatic carbocycles. The van der Waals surface area contributed by atoms with E-state index in [9.17, 15) is 9.59 Å². The molecule has 2 unspecified atom stereocenters. The summed E-state index contributed by atoms with van der Waals surface area (Å²) in [7, 11) is 0. The van der Waals surface area contributed by atoms with Crippen LogP contribution >= 0.6 is 0 Å². The van der Waals surface area contributed by atoms with Gasteiger partial charge >= 0.3 is 12.0 Å². The number of rotatable bonds is 5. The van der Waals surface area contributed by atoms with Gasteiger partial charge in [-0.1, -0.05) is 6.92 Å². The number of urea groups is 1. The second-order valence-corrected chi connectivity index (χ2v) is 6.25. The summed E-state index contributed by atoms with van der Waals surface area (Å²) < 4.78 is 0. The standard InChI is InChI=1S/C15H28N2O3/c1-11(2)16(9-5-6-14(18)19)15(20)17-10-12(3)7-8-13(17)4/h11-13H,5-10H2,1-4H3,(H,18,19). The summed E-state index contributed by atoms with van der Waals surface area (Å²) in [4.78, 5) is 27.0. The molecule has 2 amide bonds. The van der Waals surface area contributed by atoms with Gasteiger partial charge in [0, 0.05) is 31.6 Å². The van der Waals surface area contributed by atoms with Crippen molar-refractivity contribution in [2.45, 2.75) is 65.5 Å². The van der Waals surface area contributed by atoms with Crippen LogP contribution in [0.5, 0.6) is 0 Å². The summed E-state index contributed by atoms with van der Waals surface area (Å²) in [5.41, 5.74) is 0. The molecule has 0 radical (unpaired) electrons. The predicted molar refractivity (Wildman–Crippen MR) is 78.7 cm³/mol. The minimum absolute atomic E-state index is 0.0597. The maximum absolute atomic E-state index is 12.7. The van der Waals surface area contributed by atoms with Crippen LogP contribution in [-0.2, 0) is 4.79 Å². The number of piperidine rings is 1. The van der Waals surface area contributed by atoms with Crippen molar-refractivity contribution in [3.8, 4) is 0 Å². The summed E-state index contributed by atoms with van der Waals surface area (Å²) in [5.74, 6) is -0.260. The van der Waals surface area contributed by atoms with Crippen molar-refractivity contribution < 1.29 is 14.7 Å². The molecule has 0 saturated carbocycles. The van der Waals surface area contributed by atoms with Crippen LogP contribution in [0.3, 0.4) is 0 Å². The summed E-state index contributed by atoms with van der Waals surface area (Å²) in [6, 6.07) is 0.435. The zero-order valence-corrected chi connectivity index (χ0v) is 13.1. The Labute approximate surface area is 121 Å². The average molecular weight is 284 g/mol. The van der Waals surface area contributed by atoms with E-state index < -0.39 is 5.97 Å². The van der Waals surface area contributed by atoms with Gasteiger partial charge in [-0.25, -0.2) is 4.79 Å². The van der Waals surface area contributed by atoms with Crippen LogP contribution < -0.4 is 0 Å². The van der Waals surface area contributed by atoms with Crippen molar-refractivity contribution in [1.29, 1.82) is 0 Å². The zero-order valence-electron chi connectivity index (χ0n) is 13.1. The fraction of sp³-hybridized carbons (Fsp3) is 0.867. The van der Waals surface area contributed by atoms with E-state index in [1.54, 1.807) is 4.90 Å². The van der Waals surface area contributed by atoms with Crippen LogP contribution in [0.15, 0.2) is 0 Å². The van der Waals surface area contributed by atoms with Gasteiger partial charge in [0.25, 0.3) is 0 Å². The molecular formula is C15H28N2O3. The van der Waals surface area contributed by atoms with Crippen molar-refractivity contribution in [2.75, 3.05) is 13.1 Å². The van der Waals surface area contributed by atoms with Gasteiger partial charge in [-0.2, -0.15) is 0 Å². The molecule has 20 heavy (non-hydrogen) atoms. The maximum Gasteiger partial charge on any atom is 0.320 e. The Kier molecular flexibility index (Phi) is 6.30. The fourth-order valence-corrected chi connectivity index (χ4v) is 2.70. The molecule has 1 aliphatic heterocycles. The molecule has 0 aliphatic carbocycles. The van der Waals surface area contributed by atoms with Crippen LogP contribution in [0.4, 0.5) is 4.79 Å². The molecule has 1 aliphatic rings. The lowest BCUT2D eigenvalue weighted by Gasteiger charge is -2.41. The number of carboxylic acid groups (broad SMARTS) is 1. The van der Waals surface area contributed by atoms with Crippen LogP contribution in [0.1, 0.15) is 53.4 Å². The Balaban J connectivity index is 2.64. The first kappa shape index (κ1) is 16.8. The van der Waals surface area contributed by atoms with Crippen LogP contribution in [0, 0.1) is 5.92 Å². The average Bonchev–Trinajstić information content (AvgIpc) is 2.36. The minimum Gasteiger partial charge on any atom is -0.481 e. The first-order chi connectivity index (χ1) is 9.32. The van der Waals surface area contributed by atoms with Crippen LogP contribution in [0.2, 0.25) is 0 Å². The Hall–Kier alpha value is -1.26. The van der Waals surface area contributed by atoms with E-state index in [0.717, 1.165) is 13.0 Å². The van der Waals surface area contributed by atoms with E-state index in [-0.39, 0.29) is 24.5 Å². The molecule has 0 aromatic heterocycles. The summed E-state index contributed by atoms with van der Waals surface area (Å²) in [6.45, 7) is 9.56. The highest BCUT2D eigenvalue weighted by Gasteiger charge is 2.30. The first-order valence-corrected chi connectivity index (χ1v) is 7.62. The first-order valence-electron chi connectivity index (χ1n) is 7.62. The Bertz CT molecular complexity index is 344. The SMILES string of the molecule is CC1CCC(C)N(C(=O)N(CCCC(=O)O)C(C)C)C1. The highest BCUT2D eigenvalue weighted by molar-refractivity contribution is 5.75. The third kappa shape index (κ3) is 4.69. The van der Waals surface area contributed by atoms with Crippen molar-refractivity contribution in [3.05, 3.63) is 0 Å². The Morgan fingerprint density at radius 2 is 1.95 bits per heavy atom. The number of hydrogen-bond donors (Lipinski definition) is 1. The van der Waals surface area contributed by atoms with E-state index in [1.165, 1.54) is 6.42 Å². The molecule has 5 nitrogen and oxygen atoms in total. The summed E-state index contributed by atoms with van der Waals surface area (Å²) >= 11 is 0. The van der Waals surface area contributed by atoms with Gasteiger partial charge in [0.2, 0.25) is 0 Å². The van der Waals surface area contributed by atoms with E-state index >= 15 is 0 Å². The molecule has 1 fully saturated rings. The van der Waals surface area contributed by atoms with Crippen molar-refractivity contribution in [2.24, 2.45) is 5.92 Å². The molecule has 1 heterocycles. The molecule has 1 rings (SSSR count). The van der Waals surface area contributed by atoms with Gasteiger partial charge in [0.15, 0.2) is 0 Å². The Morgan fingerprint density at radius 3 is 2.50 bits per heavy atom. The number of likely N-dealkylation sites (tertiary alicyclic amines) is 1. The molecule has 5 heteroatoms. The topological polar surface area (TPSA) is 60.9 Å². The highest BCUT2D eigenvalue weighted by atomic mass is 16.4. The number of carbonyl (C=O) groups is 2. The minimum atomic E-state index is -0.805. The van der Waals surface area contributed by atoms with Crippen molar-refractivity contribution in [3.63, 3.8) is 0 Å². The van der Waals surface area contributed by atoms with Gasteiger partial charge in [-0.05, 0) is 46.0 Å². The molecule has 0 spiro atoms. The van der Waals surface area contributed by atoms with E-state index in [1.807, 2.05) is 18.7 Å². The van der Waals surface area contributed by atoms with E-state index in [2.05, 4.69) is 13.8 Å². The predicted octanol–water partition coefficient (Wildman–Crippen LogP) is 2.80. The second-order valence-electron chi connectivity index (χ2n) is 6.25. The van der Waals surface area contributed by atoms with Crippen molar-refractivity contribution >= 4 is 12.0 Å². The van der Waals surface area contributed by atoms with Crippen LogP contribution in [0.25, 0.3) is 0 Å². The number of amides is 2. The molecule has 2 atom stereocenters. The fourth-order valence-electron chi connectivity index (χ4n) is 2.70. The lowest BCUT2D eigenvalue weighted by Crippen LogP contribution is -2.53. The molecule has 0 bridgehead atoms. The monoisotopic (exact) mass is 284 g/mol. The van der Waals surface area contributed by atoms with E-state index in [4.69, 9.17) is 5.11 Å². The molecule has 0 aromatic rings. The van der Waals surface area contributed by atoms with Gasteiger partial charge in [-0.3, -0.25) is 4.79 Å². The lowest BCUT2D eigenvalue weighted by molar-refractivity contribution is -0.137. The number of nitrogens with zero attached hydrogens (tertiary/aromatic N) is 2. The van der Waals surface area contributed by atoms with E-state index in [0.29, 0.717) is 18.9 Å². The molecule has 1 saturated heterocycles. The zero-order chi connectivity index (χ0) is 15.3. The van der Waals surface area contributed by atoms with Gasteiger partial charge < -0.3 is 14.9 Å². The van der Waals surface area contributed by atoms with Gasteiger partial charge in [0.05, 0.1) is 0 Å². The molecule has 116 valence electrons. The normalized spacial score (nSPS) is 22.9. The molecule has 1 N–H and O–H groups in total. The maximum atomic E-state index is 12.7. The lowest BCUT2D eigenvalue weighted by atomic mass is 9.95. The van der Waals surface area contributed by atoms with Crippen molar-refractivity contribution in [1.82, 2.24) is 9.80 Å². The number of carbonyl (C=O) groups excluding carboxylic acids is 1. The van der Waals surface area contributed by atoms with Crippen LogP contribution in [-0.4, -0.2) is 52.1 Å². The number of carboxylic acids is 1. The molecular weight excluding hydrogens is 256 g/mol. The summed E-state index contributed by atoms with van der Waals surface area (Å²) in [5, 5.41) is 8.72. The Morgan fingerprint density at radius 1 is 1.30 bits per heavy atom. The number of hydrogen-bond acceptors (Lipinski definition) is 2. The van der Waals surface area contributed by atoms with Gasteiger partial charge in [0.1, 0.15) is 0 Å².